The molecule has 1 N–H and O–H groups in total. The summed E-state index contributed by atoms with van der Waals surface area (Å²) >= 11 is 18.4. The molecule has 0 bridgehead atoms. The topological polar surface area (TPSA) is 42.0 Å². The monoisotopic (exact) mass is 312 g/mol. The van der Waals surface area contributed by atoms with Gasteiger partial charge in [0.15, 0.2) is 0 Å². The third kappa shape index (κ3) is 2.18. The van der Waals surface area contributed by atoms with Gasteiger partial charge in [-0.3, -0.25) is 4.79 Å². The number of aromatic nitrogens is 1. The molecule has 0 fully saturated rings. The molecule has 1 aromatic carbocycles. The Morgan fingerprint density at radius 1 is 1.16 bits per heavy atom. The van der Waals surface area contributed by atoms with E-state index in [1.807, 2.05) is 6.07 Å². The van der Waals surface area contributed by atoms with Crippen LogP contribution in [0.3, 0.4) is 0 Å². The van der Waals surface area contributed by atoms with Crippen molar-refractivity contribution in [1.29, 1.82) is 0 Å². The maximum absolute atomic E-state index is 11.4. The zero-order valence-corrected chi connectivity index (χ0v) is 11.8. The zero-order chi connectivity index (χ0) is 13.6. The Kier molecular flexibility index (Phi) is 3.13. The first kappa shape index (κ1) is 12.7. The lowest BCUT2D eigenvalue weighted by Gasteiger charge is -2.09. The van der Waals surface area contributed by atoms with Gasteiger partial charge in [0.25, 0.3) is 0 Å². The summed E-state index contributed by atoms with van der Waals surface area (Å²) in [5, 5.41) is 3.99. The molecule has 3 rings (SSSR count). The summed E-state index contributed by atoms with van der Waals surface area (Å²) in [6.07, 6.45) is 1.84. The molecule has 0 radical (unpaired) electrons. The van der Waals surface area contributed by atoms with E-state index < -0.39 is 0 Å². The Balaban J connectivity index is 2.21. The molecular weight excluding hydrogens is 307 g/mol. The number of benzene rings is 1. The number of hydrogen-bond acceptors (Lipinski definition) is 2. The molecule has 0 aliphatic carbocycles. The van der Waals surface area contributed by atoms with E-state index in [0.29, 0.717) is 32.9 Å². The van der Waals surface area contributed by atoms with Crippen molar-refractivity contribution in [3.8, 4) is 11.1 Å². The largest absolute Gasteiger partial charge is 0.324 e. The molecule has 2 aromatic rings. The van der Waals surface area contributed by atoms with Gasteiger partial charge in [0, 0.05) is 11.8 Å². The van der Waals surface area contributed by atoms with Crippen molar-refractivity contribution in [1.82, 2.24) is 4.98 Å². The number of pyridine rings is 1. The van der Waals surface area contributed by atoms with Gasteiger partial charge in [0.1, 0.15) is 5.15 Å². The summed E-state index contributed by atoms with van der Waals surface area (Å²) in [5.74, 6) is -0.0718. The van der Waals surface area contributed by atoms with Crippen LogP contribution in [-0.4, -0.2) is 10.9 Å². The Bertz CT molecular complexity index is 680. The van der Waals surface area contributed by atoms with Gasteiger partial charge in [0.2, 0.25) is 5.91 Å². The third-order valence-electron chi connectivity index (χ3n) is 2.93. The van der Waals surface area contributed by atoms with Crippen LogP contribution in [-0.2, 0) is 11.2 Å². The number of fused-ring (bicyclic) bond motifs is 1. The van der Waals surface area contributed by atoms with E-state index in [9.17, 15) is 4.79 Å². The molecule has 0 saturated heterocycles. The highest BCUT2D eigenvalue weighted by atomic mass is 35.5. The molecule has 2 heterocycles. The Morgan fingerprint density at radius 3 is 2.68 bits per heavy atom. The second-order valence-corrected chi connectivity index (χ2v) is 5.35. The summed E-state index contributed by atoms with van der Waals surface area (Å²) < 4.78 is 0. The first-order valence-corrected chi connectivity index (χ1v) is 6.62. The molecule has 96 valence electrons. The van der Waals surface area contributed by atoms with Crippen LogP contribution in [0.15, 0.2) is 24.4 Å². The minimum absolute atomic E-state index is 0.0718. The molecular formula is C13H7Cl3N2O. The second kappa shape index (κ2) is 4.67. The average molecular weight is 314 g/mol. The van der Waals surface area contributed by atoms with Crippen LogP contribution in [0.25, 0.3) is 11.1 Å². The van der Waals surface area contributed by atoms with Crippen molar-refractivity contribution in [3.63, 3.8) is 0 Å². The van der Waals surface area contributed by atoms with Crippen molar-refractivity contribution in [2.45, 2.75) is 6.42 Å². The van der Waals surface area contributed by atoms with Gasteiger partial charge in [-0.25, -0.2) is 4.98 Å². The maximum Gasteiger partial charge on any atom is 0.228 e. The first-order chi connectivity index (χ1) is 9.06. The molecule has 3 nitrogen and oxygen atoms in total. The number of nitrogens with zero attached hydrogens (tertiary/aromatic N) is 1. The number of nitrogens with one attached hydrogen (secondary N) is 1. The molecule has 6 heteroatoms. The van der Waals surface area contributed by atoms with Gasteiger partial charge in [-0.1, -0.05) is 34.8 Å². The number of rotatable bonds is 1. The SMILES string of the molecule is O=C1Cc2cc(-c3c(Cl)ccnc3Cl)cc(Cl)c2N1. The molecule has 0 atom stereocenters. The van der Waals surface area contributed by atoms with Gasteiger partial charge < -0.3 is 5.32 Å². The van der Waals surface area contributed by atoms with E-state index in [1.165, 1.54) is 6.20 Å². The molecule has 1 aliphatic rings. The van der Waals surface area contributed by atoms with Crippen LogP contribution in [0, 0.1) is 0 Å². The fourth-order valence-corrected chi connectivity index (χ4v) is 2.97. The van der Waals surface area contributed by atoms with Gasteiger partial charge >= 0.3 is 0 Å². The first-order valence-electron chi connectivity index (χ1n) is 5.49. The summed E-state index contributed by atoms with van der Waals surface area (Å²) in [5.41, 5.74) is 2.87. The van der Waals surface area contributed by atoms with Crippen LogP contribution < -0.4 is 5.32 Å². The molecule has 0 saturated carbocycles. The Morgan fingerprint density at radius 2 is 1.95 bits per heavy atom. The Hall–Kier alpha value is -1.29. The minimum atomic E-state index is -0.0718. The predicted molar refractivity (Wildman–Crippen MR) is 77.0 cm³/mol. The number of amides is 1. The number of anilines is 1. The summed E-state index contributed by atoms with van der Waals surface area (Å²) in [6, 6.07) is 5.24. The van der Waals surface area contributed by atoms with Gasteiger partial charge in [-0.2, -0.15) is 0 Å². The van der Waals surface area contributed by atoms with E-state index in [4.69, 9.17) is 34.8 Å². The van der Waals surface area contributed by atoms with Crippen molar-refractivity contribution >= 4 is 46.4 Å². The molecule has 1 aliphatic heterocycles. The second-order valence-electron chi connectivity index (χ2n) is 4.18. The fraction of sp³-hybridized carbons (Fsp3) is 0.0769. The lowest BCUT2D eigenvalue weighted by molar-refractivity contribution is -0.115. The van der Waals surface area contributed by atoms with Crippen molar-refractivity contribution in [2.75, 3.05) is 5.32 Å². The fourth-order valence-electron chi connectivity index (χ4n) is 2.12. The molecule has 0 spiro atoms. The molecule has 1 amide bonds. The van der Waals surface area contributed by atoms with Crippen molar-refractivity contribution < 1.29 is 4.79 Å². The zero-order valence-electron chi connectivity index (χ0n) is 9.51. The van der Waals surface area contributed by atoms with Crippen molar-refractivity contribution in [3.05, 3.63) is 45.2 Å². The lowest BCUT2D eigenvalue weighted by atomic mass is 10.0. The molecule has 1 aromatic heterocycles. The van der Waals surface area contributed by atoms with Crippen molar-refractivity contribution in [2.24, 2.45) is 0 Å². The standard InChI is InChI=1S/C13H7Cl3N2O/c14-8-1-2-17-13(16)11(8)6-3-7-5-10(19)18-12(7)9(15)4-6/h1-4H,5H2,(H,18,19). The van der Waals surface area contributed by atoms with E-state index >= 15 is 0 Å². The highest BCUT2D eigenvalue weighted by Crippen LogP contribution is 2.39. The minimum Gasteiger partial charge on any atom is -0.324 e. The van der Waals surface area contributed by atoms with Crippen LogP contribution in [0.1, 0.15) is 5.56 Å². The average Bonchev–Trinajstić information content (AvgIpc) is 2.70. The predicted octanol–water partition coefficient (Wildman–Crippen LogP) is 4.20. The number of carbonyl (C=O) groups is 1. The van der Waals surface area contributed by atoms with E-state index in [-0.39, 0.29) is 5.91 Å². The summed E-state index contributed by atoms with van der Waals surface area (Å²) in [4.78, 5) is 15.4. The quantitative estimate of drug-likeness (QED) is 0.802. The van der Waals surface area contributed by atoms with Gasteiger partial charge in [-0.15, -0.1) is 0 Å². The van der Waals surface area contributed by atoms with Crippen LogP contribution in [0.5, 0.6) is 0 Å². The van der Waals surface area contributed by atoms with Crippen LogP contribution in [0.2, 0.25) is 15.2 Å². The van der Waals surface area contributed by atoms with E-state index in [2.05, 4.69) is 10.3 Å². The summed E-state index contributed by atoms with van der Waals surface area (Å²) in [6.45, 7) is 0. The smallest absolute Gasteiger partial charge is 0.228 e. The third-order valence-corrected chi connectivity index (χ3v) is 3.83. The highest BCUT2D eigenvalue weighted by Gasteiger charge is 2.22. The maximum atomic E-state index is 11.4. The Labute approximate surface area is 124 Å². The van der Waals surface area contributed by atoms with Crippen LogP contribution >= 0.6 is 34.8 Å². The van der Waals surface area contributed by atoms with E-state index in [0.717, 1.165) is 11.1 Å². The lowest BCUT2D eigenvalue weighted by Crippen LogP contribution is -2.03. The van der Waals surface area contributed by atoms with Crippen LogP contribution in [0.4, 0.5) is 5.69 Å². The number of hydrogen-bond donors (Lipinski definition) is 1. The molecule has 19 heavy (non-hydrogen) atoms. The number of carbonyl (C=O) groups excluding carboxylic acids is 1. The van der Waals surface area contributed by atoms with Gasteiger partial charge in [0.05, 0.1) is 22.2 Å². The summed E-state index contributed by atoms with van der Waals surface area (Å²) in [7, 11) is 0. The normalized spacial score (nSPS) is 13.3. The highest BCUT2D eigenvalue weighted by molar-refractivity contribution is 6.39. The number of halogens is 3. The van der Waals surface area contributed by atoms with Gasteiger partial charge in [-0.05, 0) is 29.3 Å². The van der Waals surface area contributed by atoms with E-state index in [1.54, 1.807) is 12.1 Å². The molecule has 0 unspecified atom stereocenters.